The van der Waals surface area contributed by atoms with E-state index < -0.39 is 0 Å². The van der Waals surface area contributed by atoms with Gasteiger partial charge in [0.05, 0.1) is 6.10 Å². The van der Waals surface area contributed by atoms with Crippen molar-refractivity contribution in [2.24, 2.45) is 0 Å². The van der Waals surface area contributed by atoms with Gasteiger partial charge in [0.2, 0.25) is 0 Å². The largest absolute Gasteiger partial charge is 0.377 e. The van der Waals surface area contributed by atoms with Crippen LogP contribution in [0.25, 0.3) is 12.2 Å². The first kappa shape index (κ1) is 16.6. The molecule has 0 unspecified atom stereocenters. The zero-order valence-electron chi connectivity index (χ0n) is 14.1. The molecule has 0 saturated carbocycles. The highest BCUT2D eigenvalue weighted by Crippen LogP contribution is 2.21. The lowest BCUT2D eigenvalue weighted by Crippen LogP contribution is -2.24. The second-order valence-electron chi connectivity index (χ2n) is 5.93. The molecule has 2 heterocycles. The molecule has 0 radical (unpaired) electrons. The summed E-state index contributed by atoms with van der Waals surface area (Å²) in [6.07, 6.45) is 4.94. The van der Waals surface area contributed by atoms with E-state index in [1.54, 1.807) is 6.07 Å². The molecule has 3 rings (SSSR count). The SMILES string of the molecule is CCO[C@H]1CCN(c2cc(C)nc(/C=C/c3cccc(F)c3)n2)C1. The molecule has 1 saturated heterocycles. The molecule has 1 fully saturated rings. The monoisotopic (exact) mass is 327 g/mol. The fraction of sp³-hybridized carbons (Fsp3) is 0.368. The first-order valence-corrected chi connectivity index (χ1v) is 8.30. The van der Waals surface area contributed by atoms with E-state index in [0.717, 1.165) is 43.2 Å². The number of hydrogen-bond donors (Lipinski definition) is 0. The van der Waals surface area contributed by atoms with E-state index in [1.807, 2.05) is 38.1 Å². The molecule has 4 nitrogen and oxygen atoms in total. The molecule has 0 spiro atoms. The van der Waals surface area contributed by atoms with Gasteiger partial charge in [0.25, 0.3) is 0 Å². The van der Waals surface area contributed by atoms with Crippen molar-refractivity contribution in [3.63, 3.8) is 0 Å². The summed E-state index contributed by atoms with van der Waals surface area (Å²) in [5, 5.41) is 0. The van der Waals surface area contributed by atoms with Gasteiger partial charge in [0, 0.05) is 31.5 Å². The first-order chi connectivity index (χ1) is 11.6. The number of halogens is 1. The Morgan fingerprint density at radius 1 is 1.29 bits per heavy atom. The van der Waals surface area contributed by atoms with Crippen LogP contribution in [0.4, 0.5) is 10.2 Å². The number of nitrogens with zero attached hydrogens (tertiary/aromatic N) is 3. The predicted octanol–water partition coefficient (Wildman–Crippen LogP) is 3.71. The number of aromatic nitrogens is 2. The van der Waals surface area contributed by atoms with Crippen LogP contribution in [0.3, 0.4) is 0 Å². The maximum Gasteiger partial charge on any atom is 0.154 e. The van der Waals surface area contributed by atoms with E-state index in [9.17, 15) is 4.39 Å². The third-order valence-corrected chi connectivity index (χ3v) is 4.00. The Balaban J connectivity index is 1.77. The van der Waals surface area contributed by atoms with Crippen LogP contribution in [-0.2, 0) is 4.74 Å². The maximum atomic E-state index is 13.2. The molecule has 1 aliphatic rings. The Morgan fingerprint density at radius 3 is 2.96 bits per heavy atom. The highest BCUT2D eigenvalue weighted by Gasteiger charge is 2.24. The summed E-state index contributed by atoms with van der Waals surface area (Å²) in [4.78, 5) is 11.3. The number of rotatable bonds is 5. The second kappa shape index (κ2) is 7.53. The summed E-state index contributed by atoms with van der Waals surface area (Å²) < 4.78 is 18.9. The Hall–Kier alpha value is -2.27. The van der Waals surface area contributed by atoms with E-state index >= 15 is 0 Å². The summed E-state index contributed by atoms with van der Waals surface area (Å²) in [5.41, 5.74) is 1.71. The van der Waals surface area contributed by atoms with Gasteiger partial charge in [0.15, 0.2) is 5.82 Å². The van der Waals surface area contributed by atoms with Crippen molar-refractivity contribution in [3.05, 3.63) is 53.2 Å². The smallest absolute Gasteiger partial charge is 0.154 e. The molecule has 1 atom stereocenters. The minimum atomic E-state index is -0.248. The molecule has 5 heteroatoms. The van der Waals surface area contributed by atoms with E-state index in [0.29, 0.717) is 5.82 Å². The van der Waals surface area contributed by atoms with E-state index in [4.69, 9.17) is 4.74 Å². The summed E-state index contributed by atoms with van der Waals surface area (Å²) in [6, 6.07) is 8.45. The summed E-state index contributed by atoms with van der Waals surface area (Å²) in [7, 11) is 0. The van der Waals surface area contributed by atoms with Gasteiger partial charge in [-0.3, -0.25) is 0 Å². The maximum absolute atomic E-state index is 13.2. The molecule has 1 aliphatic heterocycles. The Kier molecular flexibility index (Phi) is 5.20. The molecule has 0 amide bonds. The molecule has 0 N–H and O–H groups in total. The van der Waals surface area contributed by atoms with Crippen LogP contribution in [0.15, 0.2) is 30.3 Å². The zero-order valence-corrected chi connectivity index (χ0v) is 14.1. The van der Waals surface area contributed by atoms with Gasteiger partial charge in [0.1, 0.15) is 11.6 Å². The van der Waals surface area contributed by atoms with Crippen molar-refractivity contribution in [2.75, 3.05) is 24.6 Å². The van der Waals surface area contributed by atoms with Gasteiger partial charge in [-0.1, -0.05) is 18.2 Å². The van der Waals surface area contributed by atoms with Crippen LogP contribution in [0.5, 0.6) is 0 Å². The third-order valence-electron chi connectivity index (χ3n) is 4.00. The number of hydrogen-bond acceptors (Lipinski definition) is 4. The number of benzene rings is 1. The minimum Gasteiger partial charge on any atom is -0.377 e. The second-order valence-corrected chi connectivity index (χ2v) is 5.93. The molecule has 1 aromatic carbocycles. The molecular weight excluding hydrogens is 305 g/mol. The molecule has 0 bridgehead atoms. The van der Waals surface area contributed by atoms with Crippen molar-refractivity contribution in [1.82, 2.24) is 9.97 Å². The predicted molar refractivity (Wildman–Crippen MR) is 94.3 cm³/mol. The fourth-order valence-corrected chi connectivity index (χ4v) is 2.90. The van der Waals surface area contributed by atoms with Crippen molar-refractivity contribution >= 4 is 18.0 Å². The average Bonchev–Trinajstić information content (AvgIpc) is 3.02. The molecule has 0 aliphatic carbocycles. The molecule has 1 aromatic heterocycles. The van der Waals surface area contributed by atoms with Crippen LogP contribution in [0.1, 0.15) is 30.4 Å². The topological polar surface area (TPSA) is 38.2 Å². The lowest BCUT2D eigenvalue weighted by molar-refractivity contribution is 0.0787. The summed E-state index contributed by atoms with van der Waals surface area (Å²) in [5.74, 6) is 1.31. The minimum absolute atomic E-state index is 0.248. The van der Waals surface area contributed by atoms with Crippen molar-refractivity contribution in [2.45, 2.75) is 26.4 Å². The molecule has 24 heavy (non-hydrogen) atoms. The molecular formula is C19H22FN3O. The summed E-state index contributed by atoms with van der Waals surface area (Å²) >= 11 is 0. The lowest BCUT2D eigenvalue weighted by Gasteiger charge is -2.18. The quantitative estimate of drug-likeness (QED) is 0.839. The lowest BCUT2D eigenvalue weighted by atomic mass is 10.2. The standard InChI is InChI=1S/C19H22FN3O/c1-3-24-17-9-10-23(13-17)19-11-14(2)21-18(22-19)8-7-15-5-4-6-16(20)12-15/h4-8,11-12,17H,3,9-10,13H2,1-2H3/b8-7+/t17-/m0/s1. The van der Waals surface area contributed by atoms with Gasteiger partial charge in [-0.05, 0) is 44.0 Å². The number of anilines is 1. The Labute approximate surface area is 142 Å². The van der Waals surface area contributed by atoms with Gasteiger partial charge < -0.3 is 9.64 Å². The van der Waals surface area contributed by atoms with E-state index in [1.165, 1.54) is 12.1 Å². The average molecular weight is 327 g/mol. The van der Waals surface area contributed by atoms with Crippen molar-refractivity contribution in [1.29, 1.82) is 0 Å². The first-order valence-electron chi connectivity index (χ1n) is 8.30. The Bertz CT molecular complexity index is 732. The number of ether oxygens (including phenoxy) is 1. The zero-order chi connectivity index (χ0) is 16.9. The van der Waals surface area contributed by atoms with Crippen LogP contribution >= 0.6 is 0 Å². The van der Waals surface area contributed by atoms with Crippen LogP contribution in [-0.4, -0.2) is 35.8 Å². The Morgan fingerprint density at radius 2 is 2.17 bits per heavy atom. The van der Waals surface area contributed by atoms with E-state index in [-0.39, 0.29) is 11.9 Å². The van der Waals surface area contributed by atoms with Crippen molar-refractivity contribution < 1.29 is 9.13 Å². The van der Waals surface area contributed by atoms with Crippen LogP contribution in [0, 0.1) is 12.7 Å². The number of aryl methyl sites for hydroxylation is 1. The summed E-state index contributed by atoms with van der Waals surface area (Å²) in [6.45, 7) is 6.52. The van der Waals surface area contributed by atoms with Crippen LogP contribution < -0.4 is 4.90 Å². The van der Waals surface area contributed by atoms with Gasteiger partial charge in [-0.25, -0.2) is 14.4 Å². The normalized spacial score (nSPS) is 17.8. The van der Waals surface area contributed by atoms with Crippen LogP contribution in [0.2, 0.25) is 0 Å². The molecule has 2 aromatic rings. The molecule has 126 valence electrons. The van der Waals surface area contributed by atoms with Crippen molar-refractivity contribution in [3.8, 4) is 0 Å². The highest BCUT2D eigenvalue weighted by atomic mass is 19.1. The fourth-order valence-electron chi connectivity index (χ4n) is 2.90. The third kappa shape index (κ3) is 4.17. The van der Waals surface area contributed by atoms with E-state index in [2.05, 4.69) is 14.9 Å². The van der Waals surface area contributed by atoms with Gasteiger partial charge in [-0.15, -0.1) is 0 Å². The van der Waals surface area contributed by atoms with Gasteiger partial charge in [-0.2, -0.15) is 0 Å². The van der Waals surface area contributed by atoms with Gasteiger partial charge >= 0.3 is 0 Å². The highest BCUT2D eigenvalue weighted by molar-refractivity contribution is 5.67.